The van der Waals surface area contributed by atoms with Gasteiger partial charge in [0.15, 0.2) is 0 Å². The van der Waals surface area contributed by atoms with Crippen molar-refractivity contribution in [2.45, 2.75) is 26.4 Å². The second-order valence-corrected chi connectivity index (χ2v) is 4.51. The number of nitrogens with zero attached hydrogens (tertiary/aromatic N) is 1. The smallest absolute Gasteiger partial charge is 0.0538 e. The lowest BCUT2D eigenvalue weighted by atomic mass is 10.4. The lowest BCUT2D eigenvalue weighted by Crippen LogP contribution is -2.09. The summed E-state index contributed by atoms with van der Waals surface area (Å²) in [6, 6.07) is 2.01. The second kappa shape index (κ2) is 6.80. The van der Waals surface area contributed by atoms with Crippen molar-refractivity contribution in [1.29, 1.82) is 0 Å². The Kier molecular flexibility index (Phi) is 5.65. The number of rotatable bonds is 6. The Labute approximate surface area is 99.4 Å². The number of ether oxygens (including phenoxy) is 1. The fourth-order valence-corrected chi connectivity index (χ4v) is 1.50. The largest absolute Gasteiger partial charge is 0.384 e. The predicted octanol–water partition coefficient (Wildman–Crippen LogP) is 3.07. The van der Waals surface area contributed by atoms with Crippen LogP contribution in [0.1, 0.15) is 20.3 Å². The average Bonchev–Trinajstić information content (AvgIpc) is 2.17. The maximum Gasteiger partial charge on any atom is 0.0538 e. The van der Waals surface area contributed by atoms with Crippen molar-refractivity contribution in [2.75, 3.05) is 18.5 Å². The number of hydrogen-bond acceptors (Lipinski definition) is 3. The van der Waals surface area contributed by atoms with Crippen LogP contribution < -0.4 is 5.32 Å². The molecule has 84 valence electrons. The summed E-state index contributed by atoms with van der Waals surface area (Å²) in [6.45, 7) is 5.80. The third kappa shape index (κ3) is 5.74. The molecular formula is C11H17BrN2O. The molecule has 3 nitrogen and oxygen atoms in total. The van der Waals surface area contributed by atoms with Crippen molar-refractivity contribution in [3.05, 3.63) is 22.9 Å². The van der Waals surface area contributed by atoms with Crippen molar-refractivity contribution >= 4 is 21.6 Å². The number of hydrogen-bond donors (Lipinski definition) is 1. The maximum atomic E-state index is 5.44. The van der Waals surface area contributed by atoms with E-state index >= 15 is 0 Å². The molecule has 1 aromatic heterocycles. The van der Waals surface area contributed by atoms with Crippen LogP contribution in [0.4, 0.5) is 5.69 Å². The molecule has 1 aromatic rings. The molecule has 4 heteroatoms. The van der Waals surface area contributed by atoms with E-state index in [0.717, 1.165) is 29.7 Å². The summed E-state index contributed by atoms with van der Waals surface area (Å²) in [7, 11) is 0. The Morgan fingerprint density at radius 1 is 1.47 bits per heavy atom. The SMILES string of the molecule is CC(C)OCCCNc1cncc(Br)c1. The zero-order chi connectivity index (χ0) is 11.1. The van der Waals surface area contributed by atoms with Gasteiger partial charge in [-0.15, -0.1) is 0 Å². The minimum absolute atomic E-state index is 0.317. The van der Waals surface area contributed by atoms with Gasteiger partial charge in [0.05, 0.1) is 18.0 Å². The number of anilines is 1. The van der Waals surface area contributed by atoms with Crippen molar-refractivity contribution in [3.8, 4) is 0 Å². The molecule has 0 aliphatic heterocycles. The molecule has 15 heavy (non-hydrogen) atoms. The minimum Gasteiger partial charge on any atom is -0.384 e. The van der Waals surface area contributed by atoms with Gasteiger partial charge in [0, 0.05) is 23.8 Å². The highest BCUT2D eigenvalue weighted by molar-refractivity contribution is 9.10. The van der Waals surface area contributed by atoms with Crippen LogP contribution in [0.2, 0.25) is 0 Å². The number of halogens is 1. The van der Waals surface area contributed by atoms with E-state index in [4.69, 9.17) is 4.74 Å². The molecule has 0 saturated carbocycles. The first kappa shape index (κ1) is 12.5. The fraction of sp³-hybridized carbons (Fsp3) is 0.545. The lowest BCUT2D eigenvalue weighted by molar-refractivity contribution is 0.0787. The van der Waals surface area contributed by atoms with Gasteiger partial charge in [-0.2, -0.15) is 0 Å². The highest BCUT2D eigenvalue weighted by Gasteiger charge is 1.95. The first-order valence-corrected chi connectivity index (χ1v) is 5.94. The van der Waals surface area contributed by atoms with Crippen molar-refractivity contribution < 1.29 is 4.74 Å². The number of pyridine rings is 1. The molecule has 1 rings (SSSR count). The van der Waals surface area contributed by atoms with Crippen LogP contribution in [-0.2, 0) is 4.74 Å². The zero-order valence-corrected chi connectivity index (χ0v) is 10.8. The molecule has 0 spiro atoms. The summed E-state index contributed by atoms with van der Waals surface area (Å²) in [5.41, 5.74) is 1.04. The third-order valence-electron chi connectivity index (χ3n) is 1.81. The van der Waals surface area contributed by atoms with Crippen molar-refractivity contribution in [3.63, 3.8) is 0 Å². The van der Waals surface area contributed by atoms with Crippen molar-refractivity contribution in [2.24, 2.45) is 0 Å². The Morgan fingerprint density at radius 3 is 2.93 bits per heavy atom. The highest BCUT2D eigenvalue weighted by Crippen LogP contribution is 2.13. The van der Waals surface area contributed by atoms with Crippen LogP contribution in [0.5, 0.6) is 0 Å². The van der Waals surface area contributed by atoms with E-state index < -0.39 is 0 Å². The average molecular weight is 273 g/mol. The van der Waals surface area contributed by atoms with E-state index in [2.05, 4.69) is 26.2 Å². The fourth-order valence-electron chi connectivity index (χ4n) is 1.13. The molecular weight excluding hydrogens is 256 g/mol. The molecule has 0 saturated heterocycles. The Bertz CT molecular complexity index is 292. The monoisotopic (exact) mass is 272 g/mol. The van der Waals surface area contributed by atoms with E-state index in [-0.39, 0.29) is 0 Å². The first-order valence-electron chi connectivity index (χ1n) is 5.14. The van der Waals surface area contributed by atoms with Crippen LogP contribution in [-0.4, -0.2) is 24.2 Å². The summed E-state index contributed by atoms with van der Waals surface area (Å²) in [4.78, 5) is 4.07. The van der Waals surface area contributed by atoms with Gasteiger partial charge < -0.3 is 10.1 Å². The molecule has 0 aromatic carbocycles. The lowest BCUT2D eigenvalue weighted by Gasteiger charge is -2.08. The maximum absolute atomic E-state index is 5.44. The molecule has 0 aliphatic carbocycles. The van der Waals surface area contributed by atoms with Crippen LogP contribution in [0.25, 0.3) is 0 Å². The van der Waals surface area contributed by atoms with Gasteiger partial charge in [-0.1, -0.05) is 0 Å². The molecule has 1 heterocycles. The van der Waals surface area contributed by atoms with E-state index in [1.54, 1.807) is 6.20 Å². The van der Waals surface area contributed by atoms with E-state index in [1.807, 2.05) is 26.1 Å². The van der Waals surface area contributed by atoms with Gasteiger partial charge in [-0.05, 0) is 42.3 Å². The van der Waals surface area contributed by atoms with Crippen molar-refractivity contribution in [1.82, 2.24) is 4.98 Å². The van der Waals surface area contributed by atoms with Gasteiger partial charge in [0.25, 0.3) is 0 Å². The van der Waals surface area contributed by atoms with Gasteiger partial charge in [-0.25, -0.2) is 0 Å². The van der Waals surface area contributed by atoms with E-state index in [1.165, 1.54) is 0 Å². The van der Waals surface area contributed by atoms with Gasteiger partial charge in [0.2, 0.25) is 0 Å². The predicted molar refractivity (Wildman–Crippen MR) is 66.1 cm³/mol. The second-order valence-electron chi connectivity index (χ2n) is 3.59. The summed E-state index contributed by atoms with van der Waals surface area (Å²) < 4.78 is 6.43. The first-order chi connectivity index (χ1) is 7.18. The van der Waals surface area contributed by atoms with Gasteiger partial charge in [0.1, 0.15) is 0 Å². The minimum atomic E-state index is 0.317. The van der Waals surface area contributed by atoms with Gasteiger partial charge in [-0.3, -0.25) is 4.98 Å². The van der Waals surface area contributed by atoms with E-state index in [0.29, 0.717) is 6.10 Å². The Balaban J connectivity index is 2.15. The number of aromatic nitrogens is 1. The van der Waals surface area contributed by atoms with Gasteiger partial charge >= 0.3 is 0 Å². The standard InChI is InChI=1S/C11H17BrN2O/c1-9(2)15-5-3-4-14-11-6-10(12)7-13-8-11/h6-9,14H,3-5H2,1-2H3. The van der Waals surface area contributed by atoms with Crippen LogP contribution in [0.15, 0.2) is 22.9 Å². The molecule has 0 radical (unpaired) electrons. The quantitative estimate of drug-likeness (QED) is 0.809. The normalized spacial score (nSPS) is 10.7. The molecule has 0 bridgehead atoms. The highest BCUT2D eigenvalue weighted by atomic mass is 79.9. The molecule has 0 atom stereocenters. The summed E-state index contributed by atoms with van der Waals surface area (Å²) in [5, 5.41) is 3.29. The summed E-state index contributed by atoms with van der Waals surface area (Å²) in [6.07, 6.45) is 4.91. The third-order valence-corrected chi connectivity index (χ3v) is 2.24. The number of nitrogens with one attached hydrogen (secondary N) is 1. The van der Waals surface area contributed by atoms with Crippen LogP contribution >= 0.6 is 15.9 Å². The topological polar surface area (TPSA) is 34.1 Å². The molecule has 0 aliphatic rings. The van der Waals surface area contributed by atoms with E-state index in [9.17, 15) is 0 Å². The Morgan fingerprint density at radius 2 is 2.27 bits per heavy atom. The van der Waals surface area contributed by atoms with Crippen LogP contribution in [0, 0.1) is 0 Å². The summed E-state index contributed by atoms with van der Waals surface area (Å²) in [5.74, 6) is 0. The molecule has 0 unspecified atom stereocenters. The molecule has 0 amide bonds. The Hall–Kier alpha value is -0.610. The van der Waals surface area contributed by atoms with Crippen LogP contribution in [0.3, 0.4) is 0 Å². The molecule has 0 fully saturated rings. The summed E-state index contributed by atoms with van der Waals surface area (Å²) >= 11 is 3.38. The molecule has 1 N–H and O–H groups in total. The zero-order valence-electron chi connectivity index (χ0n) is 9.16.